The second kappa shape index (κ2) is 3.55. The molecule has 5 nitrogen and oxygen atoms in total. The van der Waals surface area contributed by atoms with Crippen molar-refractivity contribution in [3.05, 3.63) is 5.82 Å². The maximum Gasteiger partial charge on any atom is 0.359 e. The van der Waals surface area contributed by atoms with Crippen molar-refractivity contribution in [2.24, 2.45) is 0 Å². The molecule has 48 valence electrons. The molecule has 0 aliphatic carbocycles. The van der Waals surface area contributed by atoms with Crippen LogP contribution in [-0.4, -0.2) is 21.2 Å². The standard InChI is InChI=1S/C2H3O4P.H2O/c3-1-2-7(4,5)6;/h2H,(H2,4,5,6);1H2. The van der Waals surface area contributed by atoms with Crippen LogP contribution in [0.4, 0.5) is 0 Å². The third-order valence-electron chi connectivity index (χ3n) is 0.221. The molecular weight excluding hydrogens is 135 g/mol. The largest absolute Gasteiger partial charge is 0.412 e. The van der Waals surface area contributed by atoms with Crippen LogP contribution >= 0.6 is 7.60 Å². The Bertz CT molecular complexity index is 139. The summed E-state index contributed by atoms with van der Waals surface area (Å²) in [6.45, 7) is 0. The van der Waals surface area contributed by atoms with Gasteiger partial charge in [0.15, 0.2) is 0 Å². The summed E-state index contributed by atoms with van der Waals surface area (Å²) in [5.74, 6) is 1.14. The minimum atomic E-state index is -4.21. The molecule has 0 radical (unpaired) electrons. The first-order valence-corrected chi connectivity index (χ1v) is 3.02. The number of hydrogen-bond donors (Lipinski definition) is 2. The van der Waals surface area contributed by atoms with E-state index in [9.17, 15) is 4.57 Å². The minimum Gasteiger partial charge on any atom is -0.412 e. The molecule has 0 atom stereocenters. The molecule has 0 saturated carbocycles. The van der Waals surface area contributed by atoms with E-state index in [0.29, 0.717) is 0 Å². The van der Waals surface area contributed by atoms with Crippen LogP contribution in [0.3, 0.4) is 0 Å². The average molecular weight is 140 g/mol. The Balaban J connectivity index is 0. The number of rotatable bonds is 1. The molecule has 0 fully saturated rings. The van der Waals surface area contributed by atoms with Gasteiger partial charge in [0.1, 0.15) is 11.8 Å². The molecule has 0 aromatic heterocycles. The quantitative estimate of drug-likeness (QED) is 0.348. The average Bonchev–Trinajstić information content (AvgIpc) is 1.30. The first-order valence-electron chi connectivity index (χ1n) is 1.33. The predicted octanol–water partition coefficient (Wildman–Crippen LogP) is -1.32. The second-order valence-electron chi connectivity index (χ2n) is 0.836. The fourth-order valence-corrected chi connectivity index (χ4v) is 0.206. The van der Waals surface area contributed by atoms with E-state index in [0.717, 1.165) is 5.94 Å². The van der Waals surface area contributed by atoms with E-state index in [1.807, 2.05) is 0 Å². The van der Waals surface area contributed by atoms with Gasteiger partial charge in [-0.2, -0.15) is 0 Å². The second-order valence-corrected chi connectivity index (χ2v) is 2.27. The van der Waals surface area contributed by atoms with Crippen LogP contribution in [-0.2, 0) is 9.36 Å². The molecule has 0 aromatic carbocycles. The molecule has 4 N–H and O–H groups in total. The first kappa shape index (κ1) is 10.5. The molecule has 0 aliphatic heterocycles. The van der Waals surface area contributed by atoms with Gasteiger partial charge < -0.3 is 15.3 Å². The summed E-state index contributed by atoms with van der Waals surface area (Å²) in [5, 5.41) is 0. The van der Waals surface area contributed by atoms with Crippen molar-refractivity contribution in [3.8, 4) is 0 Å². The fourth-order valence-electron chi connectivity index (χ4n) is 0.0687. The van der Waals surface area contributed by atoms with Crippen LogP contribution in [0.5, 0.6) is 0 Å². The molecule has 0 saturated heterocycles. The van der Waals surface area contributed by atoms with Crippen LogP contribution in [0.1, 0.15) is 0 Å². The molecule has 0 spiro atoms. The SMILES string of the molecule is O.O=C=CP(=O)(O)O. The molecule has 6 heteroatoms. The van der Waals surface area contributed by atoms with Crippen LogP contribution < -0.4 is 0 Å². The zero-order valence-electron chi connectivity index (χ0n) is 3.74. The highest BCUT2D eigenvalue weighted by Crippen LogP contribution is 2.34. The first-order chi connectivity index (χ1) is 3.06. The zero-order chi connectivity index (χ0) is 5.91. The van der Waals surface area contributed by atoms with Gasteiger partial charge in [-0.1, -0.05) is 0 Å². The Morgan fingerprint density at radius 1 is 1.50 bits per heavy atom. The van der Waals surface area contributed by atoms with Gasteiger partial charge in [0.25, 0.3) is 0 Å². The van der Waals surface area contributed by atoms with E-state index in [4.69, 9.17) is 14.6 Å². The minimum absolute atomic E-state index is 0. The van der Waals surface area contributed by atoms with Gasteiger partial charge >= 0.3 is 7.60 Å². The highest BCUT2D eigenvalue weighted by Gasteiger charge is 2.04. The topological polar surface area (TPSA) is 106 Å². The van der Waals surface area contributed by atoms with Crippen LogP contribution in [0.15, 0.2) is 5.82 Å². The molecule has 0 aliphatic rings. The third-order valence-corrected chi connectivity index (χ3v) is 0.663. The maximum atomic E-state index is 9.61. The van der Waals surface area contributed by atoms with Crippen LogP contribution in [0.25, 0.3) is 0 Å². The molecular formula is C2H5O5P. The Kier molecular flexibility index (Phi) is 4.67. The van der Waals surface area contributed by atoms with Crippen LogP contribution in [0.2, 0.25) is 0 Å². The monoisotopic (exact) mass is 140 g/mol. The summed E-state index contributed by atoms with van der Waals surface area (Å²) in [4.78, 5) is 24.8. The lowest BCUT2D eigenvalue weighted by Crippen LogP contribution is -1.66. The van der Waals surface area contributed by atoms with Gasteiger partial charge in [-0.05, 0) is 0 Å². The summed E-state index contributed by atoms with van der Waals surface area (Å²) in [5.41, 5.74) is 0. The van der Waals surface area contributed by atoms with Crippen molar-refractivity contribution in [2.75, 3.05) is 0 Å². The molecule has 0 bridgehead atoms. The highest BCUT2D eigenvalue weighted by molar-refractivity contribution is 7.55. The van der Waals surface area contributed by atoms with Crippen molar-refractivity contribution in [1.82, 2.24) is 0 Å². The summed E-state index contributed by atoms with van der Waals surface area (Å²) in [7, 11) is -4.21. The lowest BCUT2D eigenvalue weighted by atomic mass is 11.2. The van der Waals surface area contributed by atoms with E-state index in [1.165, 1.54) is 0 Å². The van der Waals surface area contributed by atoms with Crippen molar-refractivity contribution in [1.29, 1.82) is 0 Å². The third kappa shape index (κ3) is 9.12. The van der Waals surface area contributed by atoms with E-state index >= 15 is 0 Å². The van der Waals surface area contributed by atoms with Gasteiger partial charge in [-0.25, -0.2) is 4.79 Å². The van der Waals surface area contributed by atoms with Crippen molar-refractivity contribution in [2.45, 2.75) is 0 Å². The van der Waals surface area contributed by atoms with E-state index in [-0.39, 0.29) is 11.3 Å². The van der Waals surface area contributed by atoms with E-state index in [2.05, 4.69) is 0 Å². The van der Waals surface area contributed by atoms with E-state index in [1.54, 1.807) is 0 Å². The smallest absolute Gasteiger partial charge is 0.359 e. The lowest BCUT2D eigenvalue weighted by molar-refractivity contribution is 0.386. The van der Waals surface area contributed by atoms with Crippen LogP contribution in [0, 0.1) is 0 Å². The van der Waals surface area contributed by atoms with Gasteiger partial charge in [0.2, 0.25) is 0 Å². The molecule has 0 unspecified atom stereocenters. The fraction of sp³-hybridized carbons (Fsp3) is 0. The normalized spacial score (nSPS) is 8.75. The summed E-state index contributed by atoms with van der Waals surface area (Å²) in [6, 6.07) is 0. The van der Waals surface area contributed by atoms with Gasteiger partial charge in [0, 0.05) is 0 Å². The predicted molar refractivity (Wildman–Crippen MR) is 25.9 cm³/mol. The van der Waals surface area contributed by atoms with Gasteiger partial charge in [-0.15, -0.1) is 0 Å². The van der Waals surface area contributed by atoms with Crippen molar-refractivity contribution >= 4 is 13.5 Å². The van der Waals surface area contributed by atoms with E-state index < -0.39 is 7.60 Å². The number of carbonyl (C=O) groups excluding carboxylic acids is 1. The van der Waals surface area contributed by atoms with Gasteiger partial charge in [-0.3, -0.25) is 4.57 Å². The molecule has 0 amide bonds. The number of hydrogen-bond acceptors (Lipinski definition) is 2. The Morgan fingerprint density at radius 2 is 1.88 bits per heavy atom. The van der Waals surface area contributed by atoms with Crippen molar-refractivity contribution < 1.29 is 24.6 Å². The maximum absolute atomic E-state index is 9.61. The molecule has 8 heavy (non-hydrogen) atoms. The highest BCUT2D eigenvalue weighted by atomic mass is 31.2. The van der Waals surface area contributed by atoms with Crippen molar-refractivity contribution in [3.63, 3.8) is 0 Å². The molecule has 0 heterocycles. The summed E-state index contributed by atoms with van der Waals surface area (Å²) in [6.07, 6.45) is 0. The Hall–Kier alpha value is -0.440. The summed E-state index contributed by atoms with van der Waals surface area (Å²) < 4.78 is 9.61. The zero-order valence-corrected chi connectivity index (χ0v) is 4.63. The summed E-state index contributed by atoms with van der Waals surface area (Å²) >= 11 is 0. The molecule has 0 rings (SSSR count). The lowest BCUT2D eigenvalue weighted by Gasteiger charge is -1.85. The Morgan fingerprint density at radius 3 is 1.88 bits per heavy atom. The Labute approximate surface area is 45.1 Å². The molecule has 0 aromatic rings. The van der Waals surface area contributed by atoms with Gasteiger partial charge in [0.05, 0.1) is 0 Å².